The second kappa shape index (κ2) is 14.3. The number of hydrogen-bond donors (Lipinski definition) is 0. The normalized spacial score (nSPS) is 13.0. The maximum atomic E-state index is 12.2. The number of carbonyl (C=O) groups is 4. The van der Waals surface area contributed by atoms with Crippen LogP contribution in [0.25, 0.3) is 21.5 Å². The van der Waals surface area contributed by atoms with Gasteiger partial charge in [0, 0.05) is 21.5 Å². The Balaban J connectivity index is 0.000000199. The third-order valence-corrected chi connectivity index (χ3v) is 6.71. The van der Waals surface area contributed by atoms with Gasteiger partial charge in [0.2, 0.25) is 0 Å². The van der Waals surface area contributed by atoms with Crippen molar-refractivity contribution < 1.29 is 47.6 Å². The number of rotatable bonds is 8. The summed E-state index contributed by atoms with van der Waals surface area (Å²) in [6, 6.07) is 14.7. The molecule has 0 unspecified atom stereocenters. The number of hydrogen-bond acceptors (Lipinski definition) is 10. The van der Waals surface area contributed by atoms with Crippen molar-refractivity contribution in [2.75, 3.05) is 13.2 Å². The molecule has 0 spiro atoms. The Hall–Kier alpha value is -5.12. The summed E-state index contributed by atoms with van der Waals surface area (Å²) < 4.78 is 32.4. The molecule has 4 aromatic rings. The maximum absolute atomic E-state index is 12.2. The molecule has 0 aliphatic carbocycles. The molecule has 2 heterocycles. The molecule has 242 valence electrons. The van der Waals surface area contributed by atoms with Crippen LogP contribution in [0.1, 0.15) is 96.8 Å². The molecule has 6 rings (SSSR count). The van der Waals surface area contributed by atoms with Gasteiger partial charge in [0.25, 0.3) is 0 Å². The smallest absolute Gasteiger partial charge is 0.350 e. The Morgan fingerprint density at radius 1 is 0.500 bits per heavy atom. The predicted molar refractivity (Wildman–Crippen MR) is 173 cm³/mol. The standard InChI is InChI=1S/C18H18O5.C16H14O5.C2H6/c1-9(2)21-15-11-7-5-6-8-12(11)16(22-10(3)4)14-13(15)17(19)23-18(14)20;1-3-19-13-9-7-5-6-8-10(9)14(20-4-2)12-11(13)15(17)21-16(12)18;1-2/h5-10H,1-4H3;5-8H,3-4H2,1-2H3;1-2H3. The Morgan fingerprint density at radius 3 is 1.02 bits per heavy atom. The molecule has 2 aliphatic rings. The first kappa shape index (κ1) is 33.8. The van der Waals surface area contributed by atoms with Gasteiger partial charge >= 0.3 is 23.9 Å². The van der Waals surface area contributed by atoms with Gasteiger partial charge in [-0.3, -0.25) is 0 Å². The van der Waals surface area contributed by atoms with Gasteiger partial charge in [-0.25, -0.2) is 19.2 Å². The first-order chi connectivity index (χ1) is 22.1. The molecular weight excluding hydrogens is 592 g/mol. The van der Waals surface area contributed by atoms with Crippen molar-refractivity contribution in [2.24, 2.45) is 0 Å². The van der Waals surface area contributed by atoms with Crippen LogP contribution in [0.15, 0.2) is 48.5 Å². The number of benzene rings is 4. The molecule has 10 nitrogen and oxygen atoms in total. The molecule has 4 aromatic carbocycles. The zero-order valence-electron chi connectivity index (χ0n) is 27.3. The first-order valence-corrected chi connectivity index (χ1v) is 15.4. The second-order valence-corrected chi connectivity index (χ2v) is 10.5. The van der Waals surface area contributed by atoms with E-state index in [1.807, 2.05) is 104 Å². The number of ether oxygens (including phenoxy) is 6. The average molecular weight is 631 g/mol. The summed E-state index contributed by atoms with van der Waals surface area (Å²) in [5, 5.41) is 2.91. The van der Waals surface area contributed by atoms with Crippen molar-refractivity contribution in [3.63, 3.8) is 0 Å². The van der Waals surface area contributed by atoms with Crippen LogP contribution < -0.4 is 18.9 Å². The quantitative estimate of drug-likeness (QED) is 0.141. The van der Waals surface area contributed by atoms with E-state index in [4.69, 9.17) is 28.4 Å². The highest BCUT2D eigenvalue weighted by Crippen LogP contribution is 2.46. The topological polar surface area (TPSA) is 124 Å². The summed E-state index contributed by atoms with van der Waals surface area (Å²) in [6.07, 6.45) is -0.300. The van der Waals surface area contributed by atoms with Crippen molar-refractivity contribution in [3.8, 4) is 23.0 Å². The Bertz CT molecular complexity index is 1690. The molecule has 0 saturated heterocycles. The maximum Gasteiger partial charge on any atom is 0.350 e. The minimum Gasteiger partial charge on any atom is -0.492 e. The third kappa shape index (κ3) is 6.20. The molecule has 0 aromatic heterocycles. The summed E-state index contributed by atoms with van der Waals surface area (Å²) in [5.41, 5.74) is 0.615. The lowest BCUT2D eigenvalue weighted by Gasteiger charge is -2.19. The Labute approximate surface area is 267 Å². The van der Waals surface area contributed by atoms with Crippen LogP contribution in [-0.4, -0.2) is 49.3 Å². The SMILES string of the molecule is CC.CC(C)Oc1c2c(c(OC(C)C)c3ccccc13)C(=O)OC2=O.CCOc1c2c(c(OCC)c3ccccc13)C(=O)OC2=O. The zero-order chi connectivity index (χ0) is 33.7. The van der Waals surface area contributed by atoms with Crippen LogP contribution in [-0.2, 0) is 9.47 Å². The Morgan fingerprint density at radius 2 is 0.761 bits per heavy atom. The average Bonchev–Trinajstić information content (AvgIpc) is 3.50. The van der Waals surface area contributed by atoms with Gasteiger partial charge < -0.3 is 28.4 Å². The molecule has 2 aliphatic heterocycles. The van der Waals surface area contributed by atoms with E-state index in [0.717, 1.165) is 21.5 Å². The van der Waals surface area contributed by atoms with Gasteiger partial charge in [-0.05, 0) is 41.5 Å². The van der Waals surface area contributed by atoms with Crippen molar-refractivity contribution in [1.29, 1.82) is 0 Å². The molecule has 0 radical (unpaired) electrons. The lowest BCUT2D eigenvalue weighted by atomic mass is 9.98. The number of cyclic esters (lactones) is 4. The third-order valence-electron chi connectivity index (χ3n) is 6.71. The van der Waals surface area contributed by atoms with Gasteiger partial charge in [0.05, 0.1) is 25.4 Å². The first-order valence-electron chi connectivity index (χ1n) is 15.4. The van der Waals surface area contributed by atoms with Gasteiger partial charge in [-0.15, -0.1) is 0 Å². The summed E-state index contributed by atoms with van der Waals surface area (Å²) in [6.45, 7) is 15.9. The van der Waals surface area contributed by atoms with E-state index < -0.39 is 23.9 Å². The minimum absolute atomic E-state index is 0.150. The predicted octanol–water partition coefficient (Wildman–Crippen LogP) is 7.70. The fourth-order valence-corrected chi connectivity index (χ4v) is 5.21. The van der Waals surface area contributed by atoms with E-state index in [2.05, 4.69) is 0 Å². The summed E-state index contributed by atoms with van der Waals surface area (Å²) >= 11 is 0. The fraction of sp³-hybridized carbons (Fsp3) is 0.333. The molecule has 0 bridgehead atoms. The molecule has 0 fully saturated rings. The lowest BCUT2D eigenvalue weighted by molar-refractivity contribution is 0.0422. The van der Waals surface area contributed by atoms with Crippen LogP contribution >= 0.6 is 0 Å². The van der Waals surface area contributed by atoms with Crippen molar-refractivity contribution in [1.82, 2.24) is 0 Å². The number of esters is 4. The molecule has 10 heteroatoms. The monoisotopic (exact) mass is 630 g/mol. The molecule has 0 N–H and O–H groups in total. The highest BCUT2D eigenvalue weighted by Gasteiger charge is 2.40. The Kier molecular flexibility index (Phi) is 10.5. The summed E-state index contributed by atoms with van der Waals surface area (Å²) in [4.78, 5) is 48.3. The number of fused-ring (bicyclic) bond motifs is 4. The van der Waals surface area contributed by atoms with E-state index in [1.165, 1.54) is 0 Å². The largest absolute Gasteiger partial charge is 0.492 e. The number of carbonyl (C=O) groups excluding carboxylic acids is 4. The highest BCUT2D eigenvalue weighted by atomic mass is 16.6. The van der Waals surface area contributed by atoms with Gasteiger partial charge in [0.15, 0.2) is 0 Å². The molecule has 0 atom stereocenters. The van der Waals surface area contributed by atoms with Crippen LogP contribution in [0.2, 0.25) is 0 Å². The van der Waals surface area contributed by atoms with Crippen LogP contribution in [0.4, 0.5) is 0 Å². The van der Waals surface area contributed by atoms with Crippen molar-refractivity contribution >= 4 is 45.4 Å². The summed E-state index contributed by atoms with van der Waals surface area (Å²) in [5.74, 6) is -1.27. The fourth-order valence-electron chi connectivity index (χ4n) is 5.21. The van der Waals surface area contributed by atoms with E-state index >= 15 is 0 Å². The minimum atomic E-state index is -0.694. The van der Waals surface area contributed by atoms with Gasteiger partial charge in [-0.2, -0.15) is 0 Å². The zero-order valence-corrected chi connectivity index (χ0v) is 27.3. The van der Waals surface area contributed by atoms with Crippen LogP contribution in [0.5, 0.6) is 23.0 Å². The van der Waals surface area contributed by atoms with Crippen LogP contribution in [0.3, 0.4) is 0 Å². The molecular formula is C36H38O10. The van der Waals surface area contributed by atoms with E-state index in [9.17, 15) is 19.2 Å². The van der Waals surface area contributed by atoms with Gasteiger partial charge in [0.1, 0.15) is 45.3 Å². The van der Waals surface area contributed by atoms with E-state index in [-0.39, 0.29) is 34.5 Å². The van der Waals surface area contributed by atoms with E-state index in [0.29, 0.717) is 36.2 Å². The van der Waals surface area contributed by atoms with Crippen molar-refractivity contribution in [2.45, 2.75) is 67.6 Å². The van der Waals surface area contributed by atoms with Crippen LogP contribution in [0, 0.1) is 0 Å². The highest BCUT2D eigenvalue weighted by molar-refractivity contribution is 6.23. The molecule has 46 heavy (non-hydrogen) atoms. The summed E-state index contributed by atoms with van der Waals surface area (Å²) in [7, 11) is 0. The molecule has 0 amide bonds. The molecule has 0 saturated carbocycles. The van der Waals surface area contributed by atoms with Gasteiger partial charge in [-0.1, -0.05) is 62.4 Å². The van der Waals surface area contributed by atoms with Crippen molar-refractivity contribution in [3.05, 3.63) is 70.8 Å². The van der Waals surface area contributed by atoms with E-state index in [1.54, 1.807) is 0 Å². The lowest BCUT2D eigenvalue weighted by Crippen LogP contribution is -2.13. The second-order valence-electron chi connectivity index (χ2n) is 10.5.